The smallest absolute Gasteiger partial charge is 0.200 e. The van der Waals surface area contributed by atoms with Crippen molar-refractivity contribution in [1.82, 2.24) is 4.83 Å². The maximum atomic E-state index is 12.6. The molecule has 1 aliphatic carbocycles. The zero-order valence-electron chi connectivity index (χ0n) is 16.3. The minimum Gasteiger partial charge on any atom is -0.200 e. The van der Waals surface area contributed by atoms with Crippen molar-refractivity contribution in [2.75, 3.05) is 0 Å². The molecule has 2 aromatic carbocycles. The molecule has 1 fully saturated rings. The molecule has 144 valence electrons. The quantitative estimate of drug-likeness (QED) is 0.579. The van der Waals surface area contributed by atoms with Crippen LogP contribution in [0.1, 0.15) is 67.2 Å². The van der Waals surface area contributed by atoms with Crippen LogP contribution in [0.15, 0.2) is 52.5 Å². The Kier molecular flexibility index (Phi) is 6.00. The van der Waals surface area contributed by atoms with Gasteiger partial charge in [-0.3, -0.25) is 0 Å². The second kappa shape index (κ2) is 8.26. The average Bonchev–Trinajstić information content (AvgIpc) is 2.69. The summed E-state index contributed by atoms with van der Waals surface area (Å²) in [6.07, 6.45) is 6.51. The van der Waals surface area contributed by atoms with Crippen molar-refractivity contribution in [2.45, 2.75) is 63.7 Å². The molecule has 0 spiro atoms. The van der Waals surface area contributed by atoms with Gasteiger partial charge in [-0.15, -0.1) is 0 Å². The fourth-order valence-corrected chi connectivity index (χ4v) is 4.86. The fraction of sp³-hybridized carbons (Fsp3) is 0.409. The molecule has 2 aromatic rings. The molecule has 4 nitrogen and oxygen atoms in total. The van der Waals surface area contributed by atoms with Gasteiger partial charge in [0.1, 0.15) is 0 Å². The number of nitrogens with zero attached hydrogens (tertiary/aromatic N) is 1. The zero-order chi connectivity index (χ0) is 19.4. The van der Waals surface area contributed by atoms with E-state index in [2.05, 4.69) is 22.1 Å². The van der Waals surface area contributed by atoms with Crippen LogP contribution in [0.2, 0.25) is 0 Å². The van der Waals surface area contributed by atoms with Crippen LogP contribution in [0.5, 0.6) is 0 Å². The van der Waals surface area contributed by atoms with Gasteiger partial charge in [0.2, 0.25) is 0 Å². The molecule has 0 radical (unpaired) electrons. The molecule has 0 aromatic heterocycles. The van der Waals surface area contributed by atoms with Gasteiger partial charge in [0.15, 0.2) is 0 Å². The minimum absolute atomic E-state index is 0.270. The summed E-state index contributed by atoms with van der Waals surface area (Å²) in [6.45, 7) is 5.48. The summed E-state index contributed by atoms with van der Waals surface area (Å²) in [4.78, 5) is 2.65. The SMILES string of the molecule is CC(=NNS(=O)(=O)c1cc(C)ccc1C)c1ccc(C2CCCCC2)cc1. The molecule has 0 saturated heterocycles. The summed E-state index contributed by atoms with van der Waals surface area (Å²) in [5.41, 5.74) is 4.57. The molecule has 0 atom stereocenters. The van der Waals surface area contributed by atoms with E-state index in [0.29, 0.717) is 17.2 Å². The number of rotatable bonds is 5. The zero-order valence-corrected chi connectivity index (χ0v) is 17.1. The molecule has 3 rings (SSSR count). The van der Waals surface area contributed by atoms with E-state index < -0.39 is 10.0 Å². The number of hydrogen-bond donors (Lipinski definition) is 1. The Morgan fingerprint density at radius 2 is 1.67 bits per heavy atom. The highest BCUT2D eigenvalue weighted by Crippen LogP contribution is 2.32. The van der Waals surface area contributed by atoms with Crippen molar-refractivity contribution < 1.29 is 8.42 Å². The highest BCUT2D eigenvalue weighted by atomic mass is 32.2. The van der Waals surface area contributed by atoms with Crippen molar-refractivity contribution in [3.05, 3.63) is 64.7 Å². The van der Waals surface area contributed by atoms with Gasteiger partial charge in [0, 0.05) is 0 Å². The first kappa shape index (κ1) is 19.6. The maximum absolute atomic E-state index is 12.6. The Bertz CT molecular complexity index is 925. The molecular formula is C22H28N2O2S. The van der Waals surface area contributed by atoms with E-state index in [1.165, 1.54) is 37.7 Å². The van der Waals surface area contributed by atoms with E-state index in [-0.39, 0.29) is 4.90 Å². The lowest BCUT2D eigenvalue weighted by molar-refractivity contribution is 0.443. The van der Waals surface area contributed by atoms with Crippen LogP contribution in [-0.4, -0.2) is 14.1 Å². The summed E-state index contributed by atoms with van der Waals surface area (Å²) in [5, 5.41) is 4.13. The molecule has 1 aliphatic rings. The lowest BCUT2D eigenvalue weighted by Gasteiger charge is -2.22. The minimum atomic E-state index is -3.68. The van der Waals surface area contributed by atoms with E-state index in [9.17, 15) is 8.42 Å². The Balaban J connectivity index is 1.74. The first-order valence-electron chi connectivity index (χ1n) is 9.60. The van der Waals surface area contributed by atoms with Crippen molar-refractivity contribution >= 4 is 15.7 Å². The highest BCUT2D eigenvalue weighted by molar-refractivity contribution is 7.89. The van der Waals surface area contributed by atoms with Crippen LogP contribution < -0.4 is 4.83 Å². The number of benzene rings is 2. The molecule has 27 heavy (non-hydrogen) atoms. The van der Waals surface area contributed by atoms with Crippen molar-refractivity contribution in [3.8, 4) is 0 Å². The molecule has 0 unspecified atom stereocenters. The third kappa shape index (κ3) is 4.78. The van der Waals surface area contributed by atoms with E-state index >= 15 is 0 Å². The lowest BCUT2D eigenvalue weighted by Crippen LogP contribution is -2.21. The Morgan fingerprint density at radius 1 is 1.00 bits per heavy atom. The first-order chi connectivity index (χ1) is 12.9. The molecular weight excluding hydrogens is 356 g/mol. The Hall–Kier alpha value is -2.14. The van der Waals surface area contributed by atoms with Gasteiger partial charge < -0.3 is 0 Å². The molecule has 0 bridgehead atoms. The molecule has 1 saturated carbocycles. The normalized spacial score (nSPS) is 16.3. The number of aryl methyl sites for hydroxylation is 2. The van der Waals surface area contributed by atoms with E-state index in [4.69, 9.17) is 0 Å². The highest BCUT2D eigenvalue weighted by Gasteiger charge is 2.17. The largest absolute Gasteiger partial charge is 0.276 e. The second-order valence-electron chi connectivity index (χ2n) is 7.52. The van der Waals surface area contributed by atoms with Gasteiger partial charge in [-0.05, 0) is 67.9 Å². The Morgan fingerprint density at radius 3 is 2.33 bits per heavy atom. The van der Waals surface area contributed by atoms with E-state index in [0.717, 1.165) is 11.1 Å². The lowest BCUT2D eigenvalue weighted by atomic mass is 9.84. The number of nitrogens with one attached hydrogen (secondary N) is 1. The van der Waals surface area contributed by atoms with Crippen molar-refractivity contribution in [3.63, 3.8) is 0 Å². The van der Waals surface area contributed by atoms with Gasteiger partial charge in [-0.2, -0.15) is 18.4 Å². The molecule has 0 heterocycles. The van der Waals surface area contributed by atoms with Gasteiger partial charge in [0.05, 0.1) is 10.6 Å². The molecule has 0 amide bonds. The summed E-state index contributed by atoms with van der Waals surface area (Å²) < 4.78 is 25.2. The maximum Gasteiger partial charge on any atom is 0.276 e. The summed E-state index contributed by atoms with van der Waals surface area (Å²) >= 11 is 0. The summed E-state index contributed by atoms with van der Waals surface area (Å²) in [6, 6.07) is 13.8. The van der Waals surface area contributed by atoms with Gasteiger partial charge in [-0.1, -0.05) is 55.7 Å². The predicted molar refractivity (Wildman–Crippen MR) is 111 cm³/mol. The first-order valence-corrected chi connectivity index (χ1v) is 11.1. The average molecular weight is 385 g/mol. The van der Waals surface area contributed by atoms with E-state index in [1.54, 1.807) is 13.0 Å². The van der Waals surface area contributed by atoms with Gasteiger partial charge in [0.25, 0.3) is 10.0 Å². The van der Waals surface area contributed by atoms with Crippen LogP contribution in [0.4, 0.5) is 0 Å². The van der Waals surface area contributed by atoms with Crippen LogP contribution in [0.3, 0.4) is 0 Å². The van der Waals surface area contributed by atoms with E-state index in [1.807, 2.05) is 38.1 Å². The van der Waals surface area contributed by atoms with Gasteiger partial charge in [-0.25, -0.2) is 0 Å². The van der Waals surface area contributed by atoms with Crippen LogP contribution in [-0.2, 0) is 10.0 Å². The van der Waals surface area contributed by atoms with Crippen molar-refractivity contribution in [2.24, 2.45) is 5.10 Å². The summed E-state index contributed by atoms with van der Waals surface area (Å²) in [5.74, 6) is 0.660. The monoisotopic (exact) mass is 384 g/mol. The second-order valence-corrected chi connectivity index (χ2v) is 9.15. The van der Waals surface area contributed by atoms with Gasteiger partial charge >= 0.3 is 0 Å². The third-order valence-corrected chi connectivity index (χ3v) is 6.72. The topological polar surface area (TPSA) is 58.5 Å². The van der Waals surface area contributed by atoms with Crippen LogP contribution in [0.25, 0.3) is 0 Å². The molecule has 5 heteroatoms. The Labute approximate surface area is 162 Å². The fourth-order valence-electron chi connectivity index (χ4n) is 3.67. The van der Waals surface area contributed by atoms with Crippen molar-refractivity contribution in [1.29, 1.82) is 0 Å². The molecule has 1 N–H and O–H groups in total. The third-order valence-electron chi connectivity index (χ3n) is 5.37. The number of hydrogen-bond acceptors (Lipinski definition) is 3. The van der Waals surface area contributed by atoms with Crippen LogP contribution in [0, 0.1) is 13.8 Å². The predicted octanol–water partition coefficient (Wildman–Crippen LogP) is 5.05. The van der Waals surface area contributed by atoms with Crippen LogP contribution >= 0.6 is 0 Å². The number of hydrazone groups is 1. The standard InChI is InChI=1S/C22H28N2O2S/c1-16-9-10-17(2)22(15-16)27(25,26)24-23-18(3)19-11-13-21(14-12-19)20-7-5-4-6-8-20/h9-15,20,24H,4-8H2,1-3H3. The number of sulfonamides is 1. The summed E-state index contributed by atoms with van der Waals surface area (Å²) in [7, 11) is -3.68. The molecule has 0 aliphatic heterocycles.